The molecule has 4 atom stereocenters. The fraction of sp³-hybridized carbons (Fsp3) is 0.258. The number of fused-ring (bicyclic) bond motifs is 2. The molecule has 10 heteroatoms. The Balaban J connectivity index is 1.21. The van der Waals surface area contributed by atoms with Crippen LogP contribution in [-0.2, 0) is 11.2 Å². The van der Waals surface area contributed by atoms with Gasteiger partial charge in [-0.3, -0.25) is 10.1 Å². The van der Waals surface area contributed by atoms with Crippen LogP contribution in [-0.4, -0.2) is 34.9 Å². The molecule has 2 aliphatic rings. The fourth-order valence-electron chi connectivity index (χ4n) is 5.26. The molecule has 0 saturated heterocycles. The van der Waals surface area contributed by atoms with Crippen molar-refractivity contribution in [1.82, 2.24) is 15.7 Å². The second-order valence-electron chi connectivity index (χ2n) is 9.87. The number of benzene rings is 2. The molecule has 5 rings (SSSR count). The van der Waals surface area contributed by atoms with Gasteiger partial charge in [-0.1, -0.05) is 66.2 Å². The first-order chi connectivity index (χ1) is 19.9. The number of aliphatic hydroxyl groups excluding tert-OH is 1. The summed E-state index contributed by atoms with van der Waals surface area (Å²) in [6.07, 6.45) is 10.8. The zero-order chi connectivity index (χ0) is 28.8. The summed E-state index contributed by atoms with van der Waals surface area (Å²) in [6, 6.07) is 16.1. The monoisotopic (exact) mass is 573 g/mol. The van der Waals surface area contributed by atoms with Gasteiger partial charge in [-0.2, -0.15) is 5.43 Å². The Bertz CT molecular complexity index is 1480. The summed E-state index contributed by atoms with van der Waals surface area (Å²) in [5.41, 5.74) is 9.07. The standard InChI is InChI=1S/C31H32ClN5O4/c1-2-41-30(39)21-10-7-11-23(16-21)34-29(38)22-17-26(32)28(33-18-22)36-37-31(40)35-27-24-12-5-3-8-19(24)14-15-20-9-4-6-13-25(20)27/h3-13,16-19,24,27,31,35,37,40H,2,14-15H2,1H3,(H,33,36)(H,34,38). The SMILES string of the molecule is CCOC(=O)c1cccc(NC(=O)c2cnc(NNC(O)NC3c4ccccc4CCC4C=CC=CC43)c(Cl)c2)c1. The van der Waals surface area contributed by atoms with Crippen molar-refractivity contribution in [2.45, 2.75) is 32.2 Å². The number of hydrogen-bond donors (Lipinski definition) is 5. The molecule has 212 valence electrons. The number of rotatable bonds is 9. The van der Waals surface area contributed by atoms with Crippen LogP contribution < -0.4 is 21.5 Å². The highest BCUT2D eigenvalue weighted by Gasteiger charge is 2.33. The predicted octanol–water partition coefficient (Wildman–Crippen LogP) is 4.99. The minimum atomic E-state index is -1.13. The molecular weight excluding hydrogens is 542 g/mol. The molecule has 4 unspecified atom stereocenters. The number of ether oxygens (including phenoxy) is 1. The molecule has 0 saturated carbocycles. The molecule has 1 heterocycles. The molecule has 41 heavy (non-hydrogen) atoms. The quantitative estimate of drug-likeness (QED) is 0.138. The molecule has 0 bridgehead atoms. The van der Waals surface area contributed by atoms with Crippen molar-refractivity contribution in [3.63, 3.8) is 0 Å². The van der Waals surface area contributed by atoms with Crippen LogP contribution in [0.2, 0.25) is 5.02 Å². The van der Waals surface area contributed by atoms with Gasteiger partial charge in [0.15, 0.2) is 12.2 Å². The molecule has 9 nitrogen and oxygen atoms in total. The zero-order valence-corrected chi connectivity index (χ0v) is 23.3. The maximum absolute atomic E-state index is 12.8. The van der Waals surface area contributed by atoms with E-state index < -0.39 is 18.2 Å². The smallest absolute Gasteiger partial charge is 0.338 e. The molecular formula is C31H32ClN5O4. The summed E-state index contributed by atoms with van der Waals surface area (Å²) in [4.78, 5) is 29.0. The number of halogens is 1. The number of pyridine rings is 1. The van der Waals surface area contributed by atoms with E-state index in [0.29, 0.717) is 17.2 Å². The molecule has 0 aliphatic heterocycles. The Hall–Kier alpha value is -4.02. The number of carbonyl (C=O) groups is 2. The lowest BCUT2D eigenvalue weighted by molar-refractivity contribution is 0.0526. The maximum atomic E-state index is 12.8. The van der Waals surface area contributed by atoms with Gasteiger partial charge in [-0.25, -0.2) is 9.78 Å². The van der Waals surface area contributed by atoms with Gasteiger partial charge in [0, 0.05) is 23.8 Å². The van der Waals surface area contributed by atoms with E-state index in [4.69, 9.17) is 16.3 Å². The van der Waals surface area contributed by atoms with E-state index in [1.807, 2.05) is 12.1 Å². The van der Waals surface area contributed by atoms with E-state index in [1.54, 1.807) is 25.1 Å². The van der Waals surface area contributed by atoms with Gasteiger partial charge in [-0.05, 0) is 61.1 Å². The van der Waals surface area contributed by atoms with Crippen molar-refractivity contribution >= 4 is 35.0 Å². The lowest BCUT2D eigenvalue weighted by Gasteiger charge is -2.33. The Morgan fingerprint density at radius 2 is 1.93 bits per heavy atom. The number of aliphatic hydroxyl groups is 1. The highest BCUT2D eigenvalue weighted by Crippen LogP contribution is 2.40. The van der Waals surface area contributed by atoms with Crippen molar-refractivity contribution < 1.29 is 19.4 Å². The van der Waals surface area contributed by atoms with Crippen molar-refractivity contribution in [3.05, 3.63) is 112 Å². The highest BCUT2D eigenvalue weighted by atomic mass is 35.5. The van der Waals surface area contributed by atoms with Gasteiger partial charge >= 0.3 is 5.97 Å². The van der Waals surface area contributed by atoms with Gasteiger partial charge in [-0.15, -0.1) is 0 Å². The number of esters is 1. The summed E-state index contributed by atoms with van der Waals surface area (Å²) >= 11 is 6.41. The number of hydrogen-bond acceptors (Lipinski definition) is 8. The third-order valence-corrected chi connectivity index (χ3v) is 7.51. The van der Waals surface area contributed by atoms with E-state index in [0.717, 1.165) is 12.8 Å². The van der Waals surface area contributed by atoms with Crippen LogP contribution in [0.1, 0.15) is 51.2 Å². The molecule has 2 aromatic carbocycles. The predicted molar refractivity (Wildman–Crippen MR) is 158 cm³/mol. The number of carbonyl (C=O) groups excluding carboxylic acids is 2. The Morgan fingerprint density at radius 3 is 2.76 bits per heavy atom. The van der Waals surface area contributed by atoms with Crippen LogP contribution in [0.15, 0.2) is 85.1 Å². The Labute approximate surface area is 243 Å². The largest absolute Gasteiger partial charge is 0.462 e. The maximum Gasteiger partial charge on any atom is 0.338 e. The van der Waals surface area contributed by atoms with Crippen molar-refractivity contribution in [2.75, 3.05) is 17.3 Å². The second kappa shape index (κ2) is 13.1. The van der Waals surface area contributed by atoms with Crippen LogP contribution in [0.3, 0.4) is 0 Å². The summed E-state index contributed by atoms with van der Waals surface area (Å²) in [6.45, 7) is 1.98. The third kappa shape index (κ3) is 6.83. The third-order valence-electron chi connectivity index (χ3n) is 7.22. The minimum Gasteiger partial charge on any atom is -0.462 e. The number of aromatic nitrogens is 1. The topological polar surface area (TPSA) is 125 Å². The van der Waals surface area contributed by atoms with Crippen LogP contribution in [0.4, 0.5) is 11.5 Å². The number of nitrogens with zero attached hydrogens (tertiary/aromatic N) is 1. The Morgan fingerprint density at radius 1 is 1.10 bits per heavy atom. The molecule has 0 fully saturated rings. The summed E-state index contributed by atoms with van der Waals surface area (Å²) in [7, 11) is 0. The van der Waals surface area contributed by atoms with Crippen LogP contribution >= 0.6 is 11.6 Å². The van der Waals surface area contributed by atoms with Crippen molar-refractivity contribution in [2.24, 2.45) is 11.8 Å². The molecule has 0 radical (unpaired) electrons. The second-order valence-corrected chi connectivity index (χ2v) is 10.3. The number of hydrazine groups is 1. The zero-order valence-electron chi connectivity index (χ0n) is 22.5. The van der Waals surface area contributed by atoms with Crippen molar-refractivity contribution in [3.8, 4) is 0 Å². The first-order valence-corrected chi connectivity index (χ1v) is 13.9. The molecule has 5 N–H and O–H groups in total. The number of allylic oxidation sites excluding steroid dienone is 3. The van der Waals surface area contributed by atoms with Gasteiger partial charge in [0.25, 0.3) is 5.91 Å². The molecule has 0 spiro atoms. The number of aryl methyl sites for hydroxylation is 1. The summed E-state index contributed by atoms with van der Waals surface area (Å²) < 4.78 is 5.01. The van der Waals surface area contributed by atoms with Crippen LogP contribution in [0.25, 0.3) is 0 Å². The van der Waals surface area contributed by atoms with Gasteiger partial charge < -0.3 is 20.6 Å². The minimum absolute atomic E-state index is 0.110. The summed E-state index contributed by atoms with van der Waals surface area (Å²) in [5, 5.41) is 17.1. The van der Waals surface area contributed by atoms with E-state index in [2.05, 4.69) is 62.9 Å². The first kappa shape index (κ1) is 28.5. The lowest BCUT2D eigenvalue weighted by atomic mass is 9.80. The average Bonchev–Trinajstić information content (AvgIpc) is 3.14. The van der Waals surface area contributed by atoms with Crippen LogP contribution in [0, 0.1) is 11.8 Å². The Kier molecular flexibility index (Phi) is 9.11. The fourth-order valence-corrected chi connectivity index (χ4v) is 5.47. The van der Waals surface area contributed by atoms with E-state index in [9.17, 15) is 14.7 Å². The average molecular weight is 574 g/mol. The van der Waals surface area contributed by atoms with E-state index in [1.165, 1.54) is 29.5 Å². The number of amides is 1. The van der Waals surface area contributed by atoms with E-state index in [-0.39, 0.29) is 35.0 Å². The molecule has 1 amide bonds. The van der Waals surface area contributed by atoms with Gasteiger partial charge in [0.1, 0.15) is 0 Å². The number of anilines is 2. The molecule has 1 aromatic heterocycles. The normalized spacial score (nSPS) is 19.8. The molecule has 3 aromatic rings. The van der Waals surface area contributed by atoms with Crippen molar-refractivity contribution in [1.29, 1.82) is 0 Å². The highest BCUT2D eigenvalue weighted by molar-refractivity contribution is 6.33. The molecule has 2 aliphatic carbocycles. The van der Waals surface area contributed by atoms with Crippen LogP contribution in [0.5, 0.6) is 0 Å². The van der Waals surface area contributed by atoms with Gasteiger partial charge in [0.05, 0.1) is 22.8 Å². The first-order valence-electron chi connectivity index (χ1n) is 13.6. The van der Waals surface area contributed by atoms with E-state index >= 15 is 0 Å². The lowest BCUT2D eigenvalue weighted by Crippen LogP contribution is -2.48. The number of nitrogens with one attached hydrogen (secondary N) is 4. The summed E-state index contributed by atoms with van der Waals surface area (Å²) in [5.74, 6) is -0.112. The van der Waals surface area contributed by atoms with Gasteiger partial charge in [0.2, 0.25) is 0 Å².